The Hall–Kier alpha value is -1.89. The molecule has 1 N–H and O–H groups in total. The number of amides is 2. The van der Waals surface area contributed by atoms with E-state index in [4.69, 9.17) is 0 Å². The number of hydrogen-bond donors (Lipinski definition) is 1. The van der Waals surface area contributed by atoms with Crippen LogP contribution in [0.4, 0.5) is 10.6 Å². The minimum absolute atomic E-state index is 0.140. The number of anilines is 1. The zero-order valence-electron chi connectivity index (χ0n) is 14.7. The Balaban J connectivity index is 1.61. The van der Waals surface area contributed by atoms with Crippen molar-refractivity contribution >= 4 is 23.2 Å². The van der Waals surface area contributed by atoms with Crippen LogP contribution in [0.2, 0.25) is 0 Å². The summed E-state index contributed by atoms with van der Waals surface area (Å²) in [5.74, 6) is 1.86. The van der Waals surface area contributed by atoms with E-state index in [1.165, 1.54) is 12.8 Å². The lowest BCUT2D eigenvalue weighted by Crippen LogP contribution is -2.32. The predicted molar refractivity (Wildman–Crippen MR) is 96.4 cm³/mol. The number of hydrogen-bond acceptors (Lipinski definition) is 4. The average Bonchev–Trinajstić information content (AvgIpc) is 3.11. The highest BCUT2D eigenvalue weighted by Crippen LogP contribution is 2.40. The third-order valence-electron chi connectivity index (χ3n) is 4.40. The summed E-state index contributed by atoms with van der Waals surface area (Å²) >= 11 is 1.65. The molecule has 1 atom stereocenters. The zero-order valence-corrected chi connectivity index (χ0v) is 15.5. The van der Waals surface area contributed by atoms with Crippen LogP contribution in [0, 0.1) is 5.92 Å². The maximum atomic E-state index is 12.5. The first-order chi connectivity index (χ1) is 11.5. The molecular weight excluding hydrogens is 322 g/mol. The number of nitrogens with zero attached hydrogens (tertiary/aromatic N) is 4. The van der Waals surface area contributed by atoms with Gasteiger partial charge in [-0.3, -0.25) is 5.32 Å². The summed E-state index contributed by atoms with van der Waals surface area (Å²) in [5.41, 5.74) is 0.932. The van der Waals surface area contributed by atoms with E-state index in [9.17, 15) is 4.79 Å². The lowest BCUT2D eigenvalue weighted by molar-refractivity contribution is 0.220. The third-order valence-corrected chi connectivity index (χ3v) is 5.60. The standard InChI is InChI=1S/C17H25N5OS/c1-11(2)16-19-14(10-24-16)9-21(4)17(23)20-15-7-8-18-22(15)12(3)13-5-6-13/h7-8,10-13H,5-6,9H2,1-4H3,(H,20,23)/t12-/m1/s1. The van der Waals surface area contributed by atoms with Crippen LogP contribution in [-0.2, 0) is 6.54 Å². The van der Waals surface area contributed by atoms with Crippen LogP contribution < -0.4 is 5.32 Å². The van der Waals surface area contributed by atoms with Crippen molar-refractivity contribution in [2.45, 2.75) is 52.1 Å². The SMILES string of the molecule is CC(C)c1nc(CN(C)C(=O)Nc2ccnn2[C@H](C)C2CC2)cs1. The topological polar surface area (TPSA) is 63.1 Å². The number of aromatic nitrogens is 3. The smallest absolute Gasteiger partial charge is 0.322 e. The second kappa shape index (κ2) is 6.93. The quantitative estimate of drug-likeness (QED) is 0.856. The van der Waals surface area contributed by atoms with Gasteiger partial charge in [-0.05, 0) is 25.7 Å². The van der Waals surface area contributed by atoms with E-state index in [2.05, 4.69) is 36.2 Å². The van der Waals surface area contributed by atoms with Gasteiger partial charge in [-0.15, -0.1) is 11.3 Å². The summed E-state index contributed by atoms with van der Waals surface area (Å²) in [4.78, 5) is 18.7. The first-order valence-electron chi connectivity index (χ1n) is 8.45. The van der Waals surface area contributed by atoms with E-state index >= 15 is 0 Å². The lowest BCUT2D eigenvalue weighted by Gasteiger charge is -2.19. The lowest BCUT2D eigenvalue weighted by atomic mass is 10.2. The minimum atomic E-state index is -0.140. The Morgan fingerprint density at radius 1 is 1.46 bits per heavy atom. The van der Waals surface area contributed by atoms with Gasteiger partial charge in [0.05, 0.1) is 29.5 Å². The third kappa shape index (κ3) is 3.77. The van der Waals surface area contributed by atoms with Gasteiger partial charge in [0, 0.05) is 24.4 Å². The summed E-state index contributed by atoms with van der Waals surface area (Å²) < 4.78 is 1.92. The summed E-state index contributed by atoms with van der Waals surface area (Å²) in [6, 6.07) is 2.04. The molecule has 1 fully saturated rings. The Morgan fingerprint density at radius 2 is 2.21 bits per heavy atom. The Labute approximate surface area is 146 Å². The van der Waals surface area contributed by atoms with Crippen molar-refractivity contribution in [3.05, 3.63) is 28.3 Å². The number of carbonyl (C=O) groups is 1. The molecular formula is C17H25N5OS. The molecule has 0 unspecified atom stereocenters. The molecule has 0 saturated heterocycles. The van der Waals surface area contributed by atoms with Crippen LogP contribution >= 0.6 is 11.3 Å². The van der Waals surface area contributed by atoms with E-state index in [0.29, 0.717) is 24.4 Å². The van der Waals surface area contributed by atoms with Gasteiger partial charge in [0.25, 0.3) is 0 Å². The Kier molecular flexibility index (Phi) is 4.89. The van der Waals surface area contributed by atoms with Gasteiger partial charge >= 0.3 is 6.03 Å². The van der Waals surface area contributed by atoms with Crippen LogP contribution in [-0.4, -0.2) is 32.7 Å². The number of carbonyl (C=O) groups excluding carboxylic acids is 1. The first kappa shape index (κ1) is 17.0. The van der Waals surface area contributed by atoms with E-state index in [1.54, 1.807) is 29.5 Å². The predicted octanol–water partition coefficient (Wildman–Crippen LogP) is 4.10. The highest BCUT2D eigenvalue weighted by atomic mass is 32.1. The normalized spacial score (nSPS) is 15.5. The molecule has 1 saturated carbocycles. The molecule has 2 aromatic rings. The molecule has 0 bridgehead atoms. The monoisotopic (exact) mass is 347 g/mol. The molecule has 0 radical (unpaired) electrons. The number of urea groups is 1. The van der Waals surface area contributed by atoms with Crippen molar-refractivity contribution in [2.75, 3.05) is 12.4 Å². The van der Waals surface area contributed by atoms with Crippen LogP contribution in [0.1, 0.15) is 56.3 Å². The van der Waals surface area contributed by atoms with E-state index in [-0.39, 0.29) is 6.03 Å². The van der Waals surface area contributed by atoms with Gasteiger partial charge in [0.2, 0.25) is 0 Å². The second-order valence-electron chi connectivity index (χ2n) is 6.86. The summed E-state index contributed by atoms with van der Waals surface area (Å²) in [5, 5.41) is 10.5. The number of rotatable bonds is 6. The van der Waals surface area contributed by atoms with Crippen LogP contribution in [0.5, 0.6) is 0 Å². The molecule has 2 heterocycles. The van der Waals surface area contributed by atoms with Gasteiger partial charge in [0.15, 0.2) is 0 Å². The van der Waals surface area contributed by atoms with Gasteiger partial charge in [-0.2, -0.15) is 5.10 Å². The van der Waals surface area contributed by atoms with Crippen LogP contribution in [0.15, 0.2) is 17.6 Å². The van der Waals surface area contributed by atoms with Crippen molar-refractivity contribution in [3.8, 4) is 0 Å². The fourth-order valence-corrected chi connectivity index (χ4v) is 3.52. The van der Waals surface area contributed by atoms with E-state index < -0.39 is 0 Å². The molecule has 6 nitrogen and oxygen atoms in total. The van der Waals surface area contributed by atoms with Gasteiger partial charge in [0.1, 0.15) is 5.82 Å². The maximum Gasteiger partial charge on any atom is 0.323 e. The summed E-state index contributed by atoms with van der Waals surface area (Å²) in [6.45, 7) is 6.91. The molecule has 0 aliphatic heterocycles. The summed E-state index contributed by atoms with van der Waals surface area (Å²) in [7, 11) is 1.79. The van der Waals surface area contributed by atoms with Crippen LogP contribution in [0.25, 0.3) is 0 Å². The molecule has 2 aromatic heterocycles. The molecule has 0 aromatic carbocycles. The maximum absolute atomic E-state index is 12.5. The summed E-state index contributed by atoms with van der Waals surface area (Å²) in [6.07, 6.45) is 4.23. The average molecular weight is 347 g/mol. The fourth-order valence-electron chi connectivity index (χ4n) is 2.70. The fraction of sp³-hybridized carbons (Fsp3) is 0.588. The Morgan fingerprint density at radius 3 is 2.83 bits per heavy atom. The molecule has 1 aliphatic rings. The van der Waals surface area contributed by atoms with Crippen molar-refractivity contribution in [2.24, 2.45) is 5.92 Å². The number of thiazole rings is 1. The highest BCUT2D eigenvalue weighted by Gasteiger charge is 2.31. The van der Waals surface area contributed by atoms with Gasteiger partial charge < -0.3 is 4.90 Å². The van der Waals surface area contributed by atoms with Crippen molar-refractivity contribution in [1.82, 2.24) is 19.7 Å². The van der Waals surface area contributed by atoms with Gasteiger partial charge in [-0.25, -0.2) is 14.5 Å². The van der Waals surface area contributed by atoms with E-state index in [1.807, 2.05) is 16.1 Å². The van der Waals surface area contributed by atoms with Crippen molar-refractivity contribution in [3.63, 3.8) is 0 Å². The molecule has 7 heteroatoms. The molecule has 0 spiro atoms. The largest absolute Gasteiger partial charge is 0.323 e. The van der Waals surface area contributed by atoms with Crippen LogP contribution in [0.3, 0.4) is 0 Å². The molecule has 130 valence electrons. The van der Waals surface area contributed by atoms with E-state index in [0.717, 1.165) is 16.5 Å². The van der Waals surface area contributed by atoms with Gasteiger partial charge in [-0.1, -0.05) is 13.8 Å². The molecule has 1 aliphatic carbocycles. The zero-order chi connectivity index (χ0) is 17.3. The molecule has 3 rings (SSSR count). The second-order valence-corrected chi connectivity index (χ2v) is 7.75. The van der Waals surface area contributed by atoms with Crippen molar-refractivity contribution < 1.29 is 4.79 Å². The first-order valence-corrected chi connectivity index (χ1v) is 9.33. The minimum Gasteiger partial charge on any atom is -0.322 e. The molecule has 2 amide bonds. The van der Waals surface area contributed by atoms with Crippen molar-refractivity contribution in [1.29, 1.82) is 0 Å². The molecule has 24 heavy (non-hydrogen) atoms. The Bertz CT molecular complexity index is 703. The highest BCUT2D eigenvalue weighted by molar-refractivity contribution is 7.09. The number of nitrogens with one attached hydrogen (secondary N) is 1.